The lowest BCUT2D eigenvalue weighted by Gasteiger charge is -2.03. The fraction of sp³-hybridized carbons (Fsp3) is 0.182. The molecule has 84 valence electrons. The van der Waals surface area contributed by atoms with Gasteiger partial charge in [-0.25, -0.2) is 0 Å². The first-order chi connectivity index (χ1) is 7.74. The number of anilines is 1. The van der Waals surface area contributed by atoms with Gasteiger partial charge in [-0.1, -0.05) is 0 Å². The summed E-state index contributed by atoms with van der Waals surface area (Å²) in [5, 5.41) is 5.41. The monoisotopic (exact) mass is 297 g/mol. The van der Waals surface area contributed by atoms with E-state index in [4.69, 9.17) is 5.73 Å². The largest absolute Gasteiger partial charge is 0.399 e. The number of aromatic nitrogens is 1. The molecule has 0 saturated carbocycles. The molecule has 3 nitrogen and oxygen atoms in total. The Bertz CT molecular complexity index is 470. The van der Waals surface area contributed by atoms with Gasteiger partial charge in [-0.05, 0) is 34.1 Å². The lowest BCUT2D eigenvalue weighted by atomic mass is 10.3. The molecular weight excluding hydrogens is 286 g/mol. The first-order valence-electron chi connectivity index (χ1n) is 4.88. The average molecular weight is 298 g/mol. The van der Waals surface area contributed by atoms with Gasteiger partial charge in [0.25, 0.3) is 0 Å². The van der Waals surface area contributed by atoms with Crippen LogP contribution in [0, 0.1) is 0 Å². The molecule has 0 spiro atoms. The predicted molar refractivity (Wildman–Crippen MR) is 71.2 cm³/mol. The normalized spacial score (nSPS) is 10.6. The third-order valence-corrected chi connectivity index (χ3v) is 3.77. The summed E-state index contributed by atoms with van der Waals surface area (Å²) in [5.41, 5.74) is 7.40. The van der Waals surface area contributed by atoms with Crippen LogP contribution in [0.15, 0.2) is 34.2 Å². The van der Waals surface area contributed by atoms with E-state index >= 15 is 0 Å². The van der Waals surface area contributed by atoms with E-state index in [2.05, 4.69) is 37.7 Å². The zero-order valence-corrected chi connectivity index (χ0v) is 11.0. The van der Waals surface area contributed by atoms with E-state index in [0.29, 0.717) is 0 Å². The lowest BCUT2D eigenvalue weighted by Crippen LogP contribution is -2.12. The quantitative estimate of drug-likeness (QED) is 0.912. The number of pyridine rings is 1. The van der Waals surface area contributed by atoms with Crippen LogP contribution in [0.2, 0.25) is 0 Å². The minimum absolute atomic E-state index is 0.737. The molecule has 0 atom stereocenters. The van der Waals surface area contributed by atoms with Crippen LogP contribution in [0.4, 0.5) is 5.69 Å². The van der Waals surface area contributed by atoms with E-state index in [1.54, 1.807) is 23.6 Å². The van der Waals surface area contributed by atoms with Crippen molar-refractivity contribution in [3.63, 3.8) is 0 Å². The Balaban J connectivity index is 1.84. The van der Waals surface area contributed by atoms with Crippen LogP contribution in [-0.2, 0) is 13.1 Å². The fourth-order valence-electron chi connectivity index (χ4n) is 1.35. The van der Waals surface area contributed by atoms with Gasteiger partial charge in [0.1, 0.15) is 0 Å². The number of nitrogens with two attached hydrogens (primary N) is 1. The topological polar surface area (TPSA) is 50.9 Å². The van der Waals surface area contributed by atoms with Gasteiger partial charge >= 0.3 is 0 Å². The number of nitrogens with zero attached hydrogens (tertiary/aromatic N) is 1. The second-order valence-corrected chi connectivity index (χ2v) is 5.33. The molecule has 2 aromatic rings. The number of thiophene rings is 1. The van der Waals surface area contributed by atoms with E-state index < -0.39 is 0 Å². The fourth-order valence-corrected chi connectivity index (χ4v) is 2.77. The Labute approximate surface area is 107 Å². The Morgan fingerprint density at radius 3 is 2.94 bits per heavy atom. The summed E-state index contributed by atoms with van der Waals surface area (Å²) in [7, 11) is 0. The first-order valence-corrected chi connectivity index (χ1v) is 6.55. The molecule has 0 unspecified atom stereocenters. The van der Waals surface area contributed by atoms with Gasteiger partial charge in [0.2, 0.25) is 0 Å². The lowest BCUT2D eigenvalue weighted by molar-refractivity contribution is 0.687. The second-order valence-electron chi connectivity index (χ2n) is 3.42. The molecule has 0 aromatic carbocycles. The minimum atomic E-state index is 0.737. The van der Waals surface area contributed by atoms with Crippen molar-refractivity contribution < 1.29 is 0 Å². The van der Waals surface area contributed by atoms with E-state index in [1.807, 2.05) is 6.07 Å². The van der Waals surface area contributed by atoms with Crippen LogP contribution >= 0.6 is 27.3 Å². The molecule has 0 bridgehead atoms. The Morgan fingerprint density at radius 2 is 2.25 bits per heavy atom. The molecule has 0 fully saturated rings. The summed E-state index contributed by atoms with van der Waals surface area (Å²) in [5.74, 6) is 0. The summed E-state index contributed by atoms with van der Waals surface area (Å²) < 4.78 is 1.14. The van der Waals surface area contributed by atoms with E-state index in [0.717, 1.165) is 28.9 Å². The maximum absolute atomic E-state index is 5.67. The molecule has 0 amide bonds. The van der Waals surface area contributed by atoms with Crippen molar-refractivity contribution in [3.8, 4) is 0 Å². The summed E-state index contributed by atoms with van der Waals surface area (Å²) in [4.78, 5) is 5.53. The van der Waals surface area contributed by atoms with Crippen LogP contribution in [0.1, 0.15) is 10.6 Å². The van der Waals surface area contributed by atoms with Crippen LogP contribution in [-0.4, -0.2) is 4.98 Å². The summed E-state index contributed by atoms with van der Waals surface area (Å²) in [6.45, 7) is 1.59. The molecule has 0 saturated heterocycles. The number of nitrogen functional groups attached to an aromatic ring is 1. The van der Waals surface area contributed by atoms with Crippen LogP contribution < -0.4 is 11.1 Å². The number of rotatable bonds is 4. The van der Waals surface area contributed by atoms with Gasteiger partial charge in [-0.15, -0.1) is 11.3 Å². The smallest absolute Gasteiger partial charge is 0.0562 e. The Hall–Kier alpha value is -0.910. The molecule has 0 radical (unpaired) electrons. The zero-order chi connectivity index (χ0) is 11.4. The van der Waals surface area contributed by atoms with E-state index in [-0.39, 0.29) is 0 Å². The molecule has 2 heterocycles. The standard InChI is InChI=1S/C11H12BrN3S/c12-8-3-11(16-7-8)6-14-5-10-4-9(13)1-2-15-10/h1-4,7,14H,5-6H2,(H2,13,15). The van der Waals surface area contributed by atoms with Crippen molar-refractivity contribution in [1.82, 2.24) is 10.3 Å². The number of hydrogen-bond donors (Lipinski definition) is 2. The molecule has 0 aliphatic rings. The van der Waals surface area contributed by atoms with Crippen LogP contribution in [0.3, 0.4) is 0 Å². The highest BCUT2D eigenvalue weighted by Crippen LogP contribution is 2.19. The maximum Gasteiger partial charge on any atom is 0.0562 e. The van der Waals surface area contributed by atoms with Gasteiger partial charge in [-0.3, -0.25) is 4.98 Å². The van der Waals surface area contributed by atoms with Crippen molar-refractivity contribution in [1.29, 1.82) is 0 Å². The highest BCUT2D eigenvalue weighted by molar-refractivity contribution is 9.10. The Morgan fingerprint density at radius 1 is 1.38 bits per heavy atom. The van der Waals surface area contributed by atoms with Crippen LogP contribution in [0.25, 0.3) is 0 Å². The van der Waals surface area contributed by atoms with Gasteiger partial charge in [-0.2, -0.15) is 0 Å². The summed E-state index contributed by atoms with van der Waals surface area (Å²) in [6.07, 6.45) is 1.73. The summed E-state index contributed by atoms with van der Waals surface area (Å²) >= 11 is 5.17. The number of hydrogen-bond acceptors (Lipinski definition) is 4. The highest BCUT2D eigenvalue weighted by Gasteiger charge is 1.98. The van der Waals surface area contributed by atoms with Gasteiger partial charge in [0, 0.05) is 39.7 Å². The van der Waals surface area contributed by atoms with Crippen molar-refractivity contribution in [2.45, 2.75) is 13.1 Å². The molecular formula is C11H12BrN3S. The second kappa shape index (κ2) is 5.43. The van der Waals surface area contributed by atoms with Crippen molar-refractivity contribution in [3.05, 3.63) is 44.8 Å². The third-order valence-electron chi connectivity index (χ3n) is 2.07. The average Bonchev–Trinajstić information content (AvgIpc) is 2.64. The SMILES string of the molecule is Nc1ccnc(CNCc2cc(Br)cs2)c1. The van der Waals surface area contributed by atoms with Crippen molar-refractivity contribution >= 4 is 33.0 Å². The highest BCUT2D eigenvalue weighted by atomic mass is 79.9. The number of halogens is 1. The first kappa shape index (κ1) is 11.6. The molecule has 0 aliphatic heterocycles. The van der Waals surface area contributed by atoms with Gasteiger partial charge < -0.3 is 11.1 Å². The van der Waals surface area contributed by atoms with Gasteiger partial charge in [0.05, 0.1) is 5.69 Å². The Kier molecular flexibility index (Phi) is 3.93. The minimum Gasteiger partial charge on any atom is -0.399 e. The molecule has 5 heteroatoms. The third kappa shape index (κ3) is 3.30. The molecule has 0 aliphatic carbocycles. The summed E-state index contributed by atoms with van der Waals surface area (Å²) in [6, 6.07) is 5.79. The maximum atomic E-state index is 5.67. The van der Waals surface area contributed by atoms with Crippen molar-refractivity contribution in [2.24, 2.45) is 0 Å². The molecule has 3 N–H and O–H groups in total. The molecule has 16 heavy (non-hydrogen) atoms. The predicted octanol–water partition coefficient (Wildman–Crippen LogP) is 2.78. The van der Waals surface area contributed by atoms with Gasteiger partial charge in [0.15, 0.2) is 0 Å². The van der Waals surface area contributed by atoms with E-state index in [1.165, 1.54) is 4.88 Å². The molecule has 2 rings (SSSR count). The number of nitrogens with one attached hydrogen (secondary N) is 1. The molecule has 2 aromatic heterocycles. The van der Waals surface area contributed by atoms with Crippen molar-refractivity contribution in [2.75, 3.05) is 5.73 Å². The van der Waals surface area contributed by atoms with E-state index in [9.17, 15) is 0 Å². The van der Waals surface area contributed by atoms with Crippen LogP contribution in [0.5, 0.6) is 0 Å². The zero-order valence-electron chi connectivity index (χ0n) is 8.61.